The normalized spacial score (nSPS) is 10.6. The van der Waals surface area contributed by atoms with Gasteiger partial charge in [-0.3, -0.25) is 10.2 Å². The fraction of sp³-hybridized carbons (Fsp3) is 0.211. The average Bonchev–Trinajstić information content (AvgIpc) is 3.02. The smallest absolute Gasteiger partial charge is 0.270 e. The van der Waals surface area contributed by atoms with Crippen molar-refractivity contribution in [3.63, 3.8) is 0 Å². The number of amides is 1. The fourth-order valence-corrected chi connectivity index (χ4v) is 3.75. The maximum absolute atomic E-state index is 12.7. The number of nitrogens with one attached hydrogen (secondary N) is 1. The molecule has 0 atom stereocenters. The first-order valence-corrected chi connectivity index (χ1v) is 10.2. The minimum Gasteiger partial charge on any atom is -0.493 e. The molecule has 0 aliphatic heterocycles. The van der Waals surface area contributed by atoms with E-state index in [2.05, 4.69) is 43.7 Å². The number of halogens is 1. The number of carbonyl (C=O) groups excluding carboxylic acids is 1. The summed E-state index contributed by atoms with van der Waals surface area (Å²) in [6.07, 6.45) is 0. The van der Waals surface area contributed by atoms with Gasteiger partial charge in [-0.2, -0.15) is 0 Å². The molecule has 1 N–H and O–H groups in total. The molecule has 0 saturated heterocycles. The summed E-state index contributed by atoms with van der Waals surface area (Å²) >= 11 is 4.95. The van der Waals surface area contributed by atoms with Gasteiger partial charge in [-0.15, -0.1) is 10.2 Å². The number of thioether (sulfide) groups is 1. The zero-order valence-electron chi connectivity index (χ0n) is 15.0. The van der Waals surface area contributed by atoms with Crippen LogP contribution >= 0.6 is 27.7 Å². The van der Waals surface area contributed by atoms with Gasteiger partial charge >= 0.3 is 0 Å². The van der Waals surface area contributed by atoms with Gasteiger partial charge in [0, 0.05) is 11.3 Å². The Balaban J connectivity index is 1.72. The van der Waals surface area contributed by atoms with Crippen molar-refractivity contribution >= 4 is 33.6 Å². The van der Waals surface area contributed by atoms with Crippen molar-refractivity contribution in [2.45, 2.75) is 24.8 Å². The minimum atomic E-state index is -0.247. The summed E-state index contributed by atoms with van der Waals surface area (Å²) in [6, 6.07) is 15.3. The van der Waals surface area contributed by atoms with Crippen LogP contribution in [-0.2, 0) is 5.75 Å². The van der Waals surface area contributed by atoms with E-state index in [-0.39, 0.29) is 5.91 Å². The van der Waals surface area contributed by atoms with Gasteiger partial charge in [0.25, 0.3) is 5.91 Å². The zero-order chi connectivity index (χ0) is 19.2. The number of rotatable bonds is 7. The van der Waals surface area contributed by atoms with Gasteiger partial charge in [-0.05, 0) is 53.5 Å². The van der Waals surface area contributed by atoms with Crippen molar-refractivity contribution in [3.8, 4) is 5.75 Å². The number of benzene rings is 2. The lowest BCUT2D eigenvalue weighted by Crippen LogP contribution is -2.24. The lowest BCUT2D eigenvalue weighted by atomic mass is 10.2. The largest absolute Gasteiger partial charge is 0.493 e. The van der Waals surface area contributed by atoms with E-state index in [0.29, 0.717) is 28.9 Å². The Morgan fingerprint density at radius 2 is 2.00 bits per heavy atom. The van der Waals surface area contributed by atoms with Crippen LogP contribution in [0.4, 0.5) is 0 Å². The molecular formula is C19H19BrN4O2S. The van der Waals surface area contributed by atoms with Gasteiger partial charge in [-0.25, -0.2) is 4.68 Å². The summed E-state index contributed by atoms with van der Waals surface area (Å²) in [4.78, 5) is 12.7. The average molecular weight is 447 g/mol. The van der Waals surface area contributed by atoms with Crippen molar-refractivity contribution in [1.29, 1.82) is 0 Å². The molecule has 27 heavy (non-hydrogen) atoms. The third-order valence-corrected chi connectivity index (χ3v) is 5.33. The van der Waals surface area contributed by atoms with E-state index in [0.717, 1.165) is 10.2 Å². The van der Waals surface area contributed by atoms with Gasteiger partial charge in [0.1, 0.15) is 11.6 Å². The predicted molar refractivity (Wildman–Crippen MR) is 110 cm³/mol. The summed E-state index contributed by atoms with van der Waals surface area (Å²) in [6.45, 7) is 4.27. The molecule has 8 heteroatoms. The Kier molecular flexibility index (Phi) is 6.52. The number of hydrogen-bond donors (Lipinski definition) is 1. The number of nitrogens with zero attached hydrogens (tertiary/aromatic N) is 3. The molecule has 3 rings (SSSR count). The molecule has 6 nitrogen and oxygen atoms in total. The van der Waals surface area contributed by atoms with Crippen molar-refractivity contribution in [2.24, 2.45) is 0 Å². The summed E-state index contributed by atoms with van der Waals surface area (Å²) in [5.41, 5.74) is 4.55. The second-order valence-electron chi connectivity index (χ2n) is 5.66. The van der Waals surface area contributed by atoms with Crippen LogP contribution in [0.25, 0.3) is 0 Å². The van der Waals surface area contributed by atoms with Crippen molar-refractivity contribution < 1.29 is 9.53 Å². The van der Waals surface area contributed by atoms with E-state index in [1.54, 1.807) is 29.8 Å². The second-order valence-corrected chi connectivity index (χ2v) is 7.46. The first-order valence-electron chi connectivity index (χ1n) is 8.41. The molecule has 3 aromatic rings. The monoisotopic (exact) mass is 446 g/mol. The van der Waals surface area contributed by atoms with Crippen LogP contribution in [0.1, 0.15) is 28.7 Å². The molecule has 0 radical (unpaired) electrons. The van der Waals surface area contributed by atoms with Gasteiger partial charge in [0.15, 0.2) is 0 Å². The second kappa shape index (κ2) is 9.05. The Labute approximate surface area is 170 Å². The molecule has 2 aromatic carbocycles. The molecule has 0 bridgehead atoms. The van der Waals surface area contributed by atoms with Gasteiger partial charge in [0.2, 0.25) is 5.16 Å². The van der Waals surface area contributed by atoms with Crippen LogP contribution < -0.4 is 10.2 Å². The highest BCUT2D eigenvalue weighted by atomic mass is 79.9. The van der Waals surface area contributed by atoms with Crippen molar-refractivity contribution in [1.82, 2.24) is 14.9 Å². The number of carbonyl (C=O) groups is 1. The molecule has 1 aromatic heterocycles. The highest BCUT2D eigenvalue weighted by Crippen LogP contribution is 2.26. The van der Waals surface area contributed by atoms with Gasteiger partial charge < -0.3 is 4.74 Å². The van der Waals surface area contributed by atoms with Crippen LogP contribution in [0.3, 0.4) is 0 Å². The van der Waals surface area contributed by atoms with Crippen molar-refractivity contribution in [3.05, 3.63) is 70.0 Å². The van der Waals surface area contributed by atoms with E-state index in [4.69, 9.17) is 4.74 Å². The highest BCUT2D eigenvalue weighted by molar-refractivity contribution is 9.10. The van der Waals surface area contributed by atoms with Crippen LogP contribution in [0.2, 0.25) is 0 Å². The number of hydrogen-bond acceptors (Lipinski definition) is 5. The first kappa shape index (κ1) is 19.4. The van der Waals surface area contributed by atoms with E-state index < -0.39 is 0 Å². The molecule has 1 heterocycles. The number of ether oxygens (including phenoxy) is 1. The zero-order valence-corrected chi connectivity index (χ0v) is 17.4. The molecule has 0 aliphatic carbocycles. The number of aromatic nitrogens is 3. The van der Waals surface area contributed by atoms with Crippen LogP contribution in [-0.4, -0.2) is 27.4 Å². The predicted octanol–water partition coefficient (Wildman–Crippen LogP) is 4.42. The fourth-order valence-electron chi connectivity index (χ4n) is 2.37. The summed E-state index contributed by atoms with van der Waals surface area (Å²) in [5.74, 6) is 1.81. The molecule has 0 unspecified atom stereocenters. The molecule has 1 amide bonds. The summed E-state index contributed by atoms with van der Waals surface area (Å²) in [5, 5.41) is 8.88. The Bertz CT molecular complexity index is 931. The maximum Gasteiger partial charge on any atom is 0.270 e. The Hall–Kier alpha value is -2.32. The van der Waals surface area contributed by atoms with E-state index in [9.17, 15) is 4.79 Å². The molecule has 0 spiro atoms. The molecule has 0 saturated carbocycles. The lowest BCUT2D eigenvalue weighted by Gasteiger charge is -2.11. The lowest BCUT2D eigenvalue weighted by molar-refractivity contribution is 0.100. The van der Waals surface area contributed by atoms with Crippen molar-refractivity contribution in [2.75, 3.05) is 12.0 Å². The molecule has 0 fully saturated rings. The first-order chi connectivity index (χ1) is 13.1. The quantitative estimate of drug-likeness (QED) is 0.543. The Morgan fingerprint density at radius 1 is 1.22 bits per heavy atom. The third kappa shape index (κ3) is 4.90. The van der Waals surface area contributed by atoms with Crippen LogP contribution in [0, 0.1) is 6.92 Å². The third-order valence-electron chi connectivity index (χ3n) is 3.71. The topological polar surface area (TPSA) is 69.0 Å². The van der Waals surface area contributed by atoms with Gasteiger partial charge in [0.05, 0.1) is 11.1 Å². The molecule has 0 aliphatic rings. The standard InChI is InChI=1S/C19H19BrN4O2S/c1-3-26-17-10-9-15(11-16(17)20)18(25)23-24-13(2)21-22-19(24)27-12-14-7-5-4-6-8-14/h4-11H,3,12H2,1-2H3,(H,23,25). The molecule has 140 valence electrons. The highest BCUT2D eigenvalue weighted by Gasteiger charge is 2.15. The summed E-state index contributed by atoms with van der Waals surface area (Å²) < 4.78 is 7.83. The minimum absolute atomic E-state index is 0.247. The number of aryl methyl sites for hydroxylation is 1. The van der Waals surface area contributed by atoms with E-state index in [1.807, 2.05) is 25.1 Å². The van der Waals surface area contributed by atoms with E-state index >= 15 is 0 Å². The van der Waals surface area contributed by atoms with Gasteiger partial charge in [-0.1, -0.05) is 42.1 Å². The summed E-state index contributed by atoms with van der Waals surface area (Å²) in [7, 11) is 0. The van der Waals surface area contributed by atoms with Crippen LogP contribution in [0.15, 0.2) is 58.2 Å². The maximum atomic E-state index is 12.7. The van der Waals surface area contributed by atoms with E-state index in [1.165, 1.54) is 17.3 Å². The molecular weight excluding hydrogens is 428 g/mol. The SMILES string of the molecule is CCOc1ccc(C(=O)Nn2c(C)nnc2SCc2ccccc2)cc1Br. The Morgan fingerprint density at radius 3 is 2.70 bits per heavy atom. The van der Waals surface area contributed by atoms with Crippen LogP contribution in [0.5, 0.6) is 5.75 Å².